The number of carbonyl (C=O) groups excluding carboxylic acids is 2. The number of halogens is 1. The van der Waals surface area contributed by atoms with Crippen LogP contribution in [0.25, 0.3) is 0 Å². The lowest BCUT2D eigenvalue weighted by atomic mass is 10.2. The molecule has 1 aromatic rings. The quantitative estimate of drug-likeness (QED) is 0.662. The maximum atomic E-state index is 11.4. The summed E-state index contributed by atoms with van der Waals surface area (Å²) in [5.41, 5.74) is 1.57. The highest BCUT2D eigenvalue weighted by Gasteiger charge is 2.12. The standard InChI is InChI=1S/C12H13BrN2O2/c1-3-6-14-11(16)12(17)15-9-4-5-10(13)8(2)7-9/h3-5,7H,1,6H2,2H3,(H,14,16)(H,15,17). The summed E-state index contributed by atoms with van der Waals surface area (Å²) in [5.74, 6) is -1.36. The average molecular weight is 297 g/mol. The number of hydrogen-bond donors (Lipinski definition) is 2. The number of hydrogen-bond acceptors (Lipinski definition) is 2. The Kier molecular flexibility index (Phi) is 4.90. The molecule has 90 valence electrons. The molecule has 0 radical (unpaired) electrons. The topological polar surface area (TPSA) is 58.2 Å². The van der Waals surface area contributed by atoms with Crippen LogP contribution in [0.15, 0.2) is 35.3 Å². The van der Waals surface area contributed by atoms with E-state index < -0.39 is 11.8 Å². The highest BCUT2D eigenvalue weighted by molar-refractivity contribution is 9.10. The first-order valence-electron chi connectivity index (χ1n) is 5.01. The SMILES string of the molecule is C=CCNC(=O)C(=O)Nc1ccc(Br)c(C)c1. The molecule has 0 heterocycles. The molecular formula is C12H13BrN2O2. The van der Waals surface area contributed by atoms with Gasteiger partial charge in [0.2, 0.25) is 0 Å². The number of carbonyl (C=O) groups is 2. The van der Waals surface area contributed by atoms with Gasteiger partial charge in [0.05, 0.1) is 0 Å². The number of aryl methyl sites for hydroxylation is 1. The van der Waals surface area contributed by atoms with Crippen LogP contribution in [0.2, 0.25) is 0 Å². The Hall–Kier alpha value is -1.62. The van der Waals surface area contributed by atoms with Gasteiger partial charge >= 0.3 is 11.8 Å². The fourth-order valence-corrected chi connectivity index (χ4v) is 1.40. The minimum absolute atomic E-state index is 0.269. The van der Waals surface area contributed by atoms with Crippen LogP contribution in [0.1, 0.15) is 5.56 Å². The van der Waals surface area contributed by atoms with Crippen molar-refractivity contribution in [1.82, 2.24) is 5.32 Å². The van der Waals surface area contributed by atoms with Crippen molar-refractivity contribution in [2.24, 2.45) is 0 Å². The van der Waals surface area contributed by atoms with E-state index in [0.29, 0.717) is 5.69 Å². The van der Waals surface area contributed by atoms with Crippen LogP contribution in [-0.2, 0) is 9.59 Å². The predicted octanol–water partition coefficient (Wildman–Crippen LogP) is 2.00. The molecule has 0 saturated carbocycles. The summed E-state index contributed by atoms with van der Waals surface area (Å²) in [6.07, 6.45) is 1.51. The molecule has 0 saturated heterocycles. The smallest absolute Gasteiger partial charge is 0.313 e. The molecule has 0 bridgehead atoms. The van der Waals surface area contributed by atoms with Gasteiger partial charge < -0.3 is 10.6 Å². The normalized spacial score (nSPS) is 9.53. The second kappa shape index (κ2) is 6.20. The second-order valence-electron chi connectivity index (χ2n) is 3.42. The van der Waals surface area contributed by atoms with Gasteiger partial charge in [-0.15, -0.1) is 6.58 Å². The molecule has 0 aromatic heterocycles. The molecule has 0 aliphatic rings. The summed E-state index contributed by atoms with van der Waals surface area (Å²) in [5, 5.41) is 4.91. The minimum Gasteiger partial charge on any atom is -0.344 e. The minimum atomic E-state index is -0.687. The molecule has 0 unspecified atom stereocenters. The van der Waals surface area contributed by atoms with Gasteiger partial charge in [0.1, 0.15) is 0 Å². The molecular weight excluding hydrogens is 284 g/mol. The third-order valence-electron chi connectivity index (χ3n) is 2.03. The summed E-state index contributed by atoms with van der Waals surface area (Å²) >= 11 is 3.36. The van der Waals surface area contributed by atoms with Crippen LogP contribution in [0.5, 0.6) is 0 Å². The van der Waals surface area contributed by atoms with E-state index in [0.717, 1.165) is 10.0 Å². The Morgan fingerprint density at radius 1 is 1.41 bits per heavy atom. The zero-order chi connectivity index (χ0) is 12.8. The van der Waals surface area contributed by atoms with Gasteiger partial charge in [0.15, 0.2) is 0 Å². The molecule has 0 spiro atoms. The number of benzene rings is 1. The first kappa shape index (κ1) is 13.4. The number of anilines is 1. The van der Waals surface area contributed by atoms with Crippen molar-refractivity contribution in [3.05, 3.63) is 40.9 Å². The van der Waals surface area contributed by atoms with Gasteiger partial charge in [-0.05, 0) is 30.7 Å². The summed E-state index contributed by atoms with van der Waals surface area (Å²) in [6.45, 7) is 5.62. The lowest BCUT2D eigenvalue weighted by Crippen LogP contribution is -2.35. The largest absolute Gasteiger partial charge is 0.344 e. The van der Waals surface area contributed by atoms with Crippen molar-refractivity contribution < 1.29 is 9.59 Å². The van der Waals surface area contributed by atoms with E-state index in [-0.39, 0.29) is 6.54 Å². The third-order valence-corrected chi connectivity index (χ3v) is 2.92. The molecule has 17 heavy (non-hydrogen) atoms. The average Bonchev–Trinajstić information content (AvgIpc) is 2.30. The monoisotopic (exact) mass is 296 g/mol. The highest BCUT2D eigenvalue weighted by Crippen LogP contribution is 2.19. The molecule has 0 aliphatic heterocycles. The van der Waals surface area contributed by atoms with E-state index in [1.54, 1.807) is 12.1 Å². The molecule has 0 aliphatic carbocycles. The van der Waals surface area contributed by atoms with Crippen LogP contribution < -0.4 is 10.6 Å². The van der Waals surface area contributed by atoms with Gasteiger partial charge in [-0.25, -0.2) is 0 Å². The molecule has 2 N–H and O–H groups in total. The summed E-state index contributed by atoms with van der Waals surface area (Å²) in [6, 6.07) is 5.31. The number of amides is 2. The second-order valence-corrected chi connectivity index (χ2v) is 4.27. The van der Waals surface area contributed by atoms with Gasteiger partial charge in [0, 0.05) is 16.7 Å². The Balaban J connectivity index is 2.64. The van der Waals surface area contributed by atoms with Gasteiger partial charge in [-0.3, -0.25) is 9.59 Å². The van der Waals surface area contributed by atoms with E-state index in [9.17, 15) is 9.59 Å². The lowest BCUT2D eigenvalue weighted by molar-refractivity contribution is -0.136. The maximum absolute atomic E-state index is 11.4. The fourth-order valence-electron chi connectivity index (χ4n) is 1.16. The van der Waals surface area contributed by atoms with Crippen molar-refractivity contribution >= 4 is 33.4 Å². The maximum Gasteiger partial charge on any atom is 0.313 e. The van der Waals surface area contributed by atoms with Crippen LogP contribution >= 0.6 is 15.9 Å². The molecule has 5 heteroatoms. The number of nitrogens with one attached hydrogen (secondary N) is 2. The zero-order valence-corrected chi connectivity index (χ0v) is 11.0. The van der Waals surface area contributed by atoms with Crippen molar-refractivity contribution in [2.45, 2.75) is 6.92 Å². The lowest BCUT2D eigenvalue weighted by Gasteiger charge is -2.06. The fraction of sp³-hybridized carbons (Fsp3) is 0.167. The van der Waals surface area contributed by atoms with Crippen LogP contribution in [-0.4, -0.2) is 18.4 Å². The first-order chi connectivity index (χ1) is 8.04. The third kappa shape index (κ3) is 4.03. The van der Waals surface area contributed by atoms with Crippen molar-refractivity contribution in [2.75, 3.05) is 11.9 Å². The Morgan fingerprint density at radius 2 is 2.12 bits per heavy atom. The van der Waals surface area contributed by atoms with Crippen LogP contribution in [0, 0.1) is 6.92 Å². The van der Waals surface area contributed by atoms with Crippen LogP contribution in [0.4, 0.5) is 5.69 Å². The molecule has 1 aromatic carbocycles. The predicted molar refractivity (Wildman–Crippen MR) is 70.7 cm³/mol. The van der Waals surface area contributed by atoms with Gasteiger partial charge in [-0.2, -0.15) is 0 Å². The molecule has 0 fully saturated rings. The van der Waals surface area contributed by atoms with Crippen LogP contribution in [0.3, 0.4) is 0 Å². The Bertz CT molecular complexity index is 458. The van der Waals surface area contributed by atoms with Gasteiger partial charge in [0.25, 0.3) is 0 Å². The first-order valence-corrected chi connectivity index (χ1v) is 5.80. The van der Waals surface area contributed by atoms with Crippen molar-refractivity contribution in [3.63, 3.8) is 0 Å². The molecule has 2 amide bonds. The van der Waals surface area contributed by atoms with E-state index >= 15 is 0 Å². The van der Waals surface area contributed by atoms with Crippen molar-refractivity contribution in [1.29, 1.82) is 0 Å². The highest BCUT2D eigenvalue weighted by atomic mass is 79.9. The summed E-state index contributed by atoms with van der Waals surface area (Å²) < 4.78 is 0.951. The number of rotatable bonds is 3. The van der Waals surface area contributed by atoms with Gasteiger partial charge in [-0.1, -0.05) is 22.0 Å². The molecule has 4 nitrogen and oxygen atoms in total. The van der Waals surface area contributed by atoms with E-state index in [2.05, 4.69) is 33.1 Å². The van der Waals surface area contributed by atoms with E-state index in [1.165, 1.54) is 6.08 Å². The Labute approximate surface area is 108 Å². The Morgan fingerprint density at radius 3 is 2.71 bits per heavy atom. The van der Waals surface area contributed by atoms with Crippen molar-refractivity contribution in [3.8, 4) is 0 Å². The summed E-state index contributed by atoms with van der Waals surface area (Å²) in [7, 11) is 0. The summed E-state index contributed by atoms with van der Waals surface area (Å²) in [4.78, 5) is 22.7. The van der Waals surface area contributed by atoms with E-state index in [4.69, 9.17) is 0 Å². The molecule has 1 rings (SSSR count). The zero-order valence-electron chi connectivity index (χ0n) is 9.42. The molecule has 0 atom stereocenters. The van der Waals surface area contributed by atoms with E-state index in [1.807, 2.05) is 13.0 Å².